The smallest absolute Gasteiger partial charge is 0.0268 e. The van der Waals surface area contributed by atoms with Gasteiger partial charge in [-0.1, -0.05) is 35.7 Å². The fourth-order valence-corrected chi connectivity index (χ4v) is 0.867. The summed E-state index contributed by atoms with van der Waals surface area (Å²) in [6, 6.07) is 0. The number of hydrogen-bond donors (Lipinski definition) is 1. The molecule has 0 aliphatic rings. The first-order valence-corrected chi connectivity index (χ1v) is 4.07. The maximum Gasteiger partial charge on any atom is 0.0268 e. The molecule has 1 unspecified atom stereocenters. The lowest BCUT2D eigenvalue weighted by Crippen LogP contribution is -2.12. The van der Waals surface area contributed by atoms with Gasteiger partial charge in [-0.25, -0.2) is 0 Å². The van der Waals surface area contributed by atoms with Gasteiger partial charge in [-0.15, -0.1) is 17.0 Å². The number of hydrogen-bond acceptors (Lipinski definition) is 1. The first-order valence-electron chi connectivity index (χ1n) is 3.15. The maximum atomic E-state index is 5.37. The van der Waals surface area contributed by atoms with Crippen LogP contribution in [0.3, 0.4) is 0 Å². The molecule has 2 N–H and O–H groups in total. The molecule has 3 heteroatoms. The normalized spacial score (nSPS) is 12.3. The summed E-state index contributed by atoms with van der Waals surface area (Å²) >= 11 is 3.45. The summed E-state index contributed by atoms with van der Waals surface area (Å²) in [6.45, 7) is 2.95. The highest BCUT2D eigenvalue weighted by molar-refractivity contribution is 9.09. The number of unbranched alkanes of at least 4 members (excludes halogenated alkanes) is 1. The largest absolute Gasteiger partial charge is 0.329 e. The van der Waals surface area contributed by atoms with Crippen molar-refractivity contribution in [1.82, 2.24) is 0 Å². The van der Waals surface area contributed by atoms with Crippen molar-refractivity contribution >= 4 is 32.9 Å². The Morgan fingerprint density at radius 1 is 1.56 bits per heavy atom. The van der Waals surface area contributed by atoms with Gasteiger partial charge in [-0.3, -0.25) is 0 Å². The molecular formula is C6H15Br2N. The van der Waals surface area contributed by atoms with E-state index in [1.165, 1.54) is 19.3 Å². The average molecular weight is 261 g/mol. The molecule has 0 aromatic heterocycles. The van der Waals surface area contributed by atoms with Crippen LogP contribution in [0.5, 0.6) is 0 Å². The molecule has 9 heavy (non-hydrogen) atoms. The predicted octanol–water partition coefficient (Wildman–Crippen LogP) is 2.48. The van der Waals surface area contributed by atoms with E-state index >= 15 is 0 Å². The quantitative estimate of drug-likeness (QED) is 0.773. The molecule has 0 amide bonds. The number of alkyl halides is 1. The van der Waals surface area contributed by atoms with Gasteiger partial charge >= 0.3 is 0 Å². The molecule has 0 heterocycles. The third-order valence-corrected chi connectivity index (χ3v) is 1.96. The Bertz CT molecular complexity index is 50.3. The van der Waals surface area contributed by atoms with Crippen LogP contribution in [-0.4, -0.2) is 11.4 Å². The van der Waals surface area contributed by atoms with Crippen LogP contribution in [-0.2, 0) is 0 Å². The van der Waals surface area contributed by atoms with Crippen LogP contribution in [0.15, 0.2) is 0 Å². The lowest BCUT2D eigenvalue weighted by atomic mass is 10.2. The van der Waals surface area contributed by atoms with Crippen LogP contribution in [0.1, 0.15) is 26.2 Å². The van der Waals surface area contributed by atoms with E-state index in [4.69, 9.17) is 5.73 Å². The highest BCUT2D eigenvalue weighted by Crippen LogP contribution is 2.06. The van der Waals surface area contributed by atoms with Crippen molar-refractivity contribution in [3.8, 4) is 0 Å². The third-order valence-electron chi connectivity index (χ3n) is 1.13. The zero-order chi connectivity index (χ0) is 6.41. The van der Waals surface area contributed by atoms with E-state index in [-0.39, 0.29) is 17.0 Å². The lowest BCUT2D eigenvalue weighted by Gasteiger charge is -2.02. The lowest BCUT2D eigenvalue weighted by molar-refractivity contribution is 0.694. The highest BCUT2D eigenvalue weighted by Gasteiger charge is 1.97. The minimum atomic E-state index is 0. The first kappa shape index (κ1) is 12.6. The highest BCUT2D eigenvalue weighted by atomic mass is 79.9. The van der Waals surface area contributed by atoms with Gasteiger partial charge in [0.05, 0.1) is 0 Å². The molecule has 0 aliphatic carbocycles. The Kier molecular flexibility index (Phi) is 12.5. The van der Waals surface area contributed by atoms with E-state index in [0.29, 0.717) is 4.83 Å². The van der Waals surface area contributed by atoms with Crippen LogP contribution in [0, 0.1) is 0 Å². The molecule has 0 saturated carbocycles. The van der Waals surface area contributed by atoms with Crippen molar-refractivity contribution in [2.24, 2.45) is 5.73 Å². The summed E-state index contributed by atoms with van der Waals surface area (Å²) < 4.78 is 0. The van der Waals surface area contributed by atoms with Gasteiger partial charge in [0, 0.05) is 11.4 Å². The minimum Gasteiger partial charge on any atom is -0.329 e. The second-order valence-corrected chi connectivity index (χ2v) is 3.27. The van der Waals surface area contributed by atoms with Crippen molar-refractivity contribution < 1.29 is 0 Å². The molecule has 0 rings (SSSR count). The molecule has 0 radical (unpaired) electrons. The summed E-state index contributed by atoms with van der Waals surface area (Å²) in [7, 11) is 0. The molecule has 0 aromatic rings. The van der Waals surface area contributed by atoms with E-state index < -0.39 is 0 Å². The van der Waals surface area contributed by atoms with Crippen LogP contribution in [0.25, 0.3) is 0 Å². The fraction of sp³-hybridized carbons (Fsp3) is 1.00. The van der Waals surface area contributed by atoms with E-state index in [1.54, 1.807) is 0 Å². The van der Waals surface area contributed by atoms with Crippen LogP contribution in [0.2, 0.25) is 0 Å². The van der Waals surface area contributed by atoms with Crippen molar-refractivity contribution in [3.63, 3.8) is 0 Å². The van der Waals surface area contributed by atoms with Crippen molar-refractivity contribution in [3.05, 3.63) is 0 Å². The van der Waals surface area contributed by atoms with E-state index in [1.807, 2.05) is 0 Å². The van der Waals surface area contributed by atoms with Gasteiger partial charge in [-0.2, -0.15) is 0 Å². The Morgan fingerprint density at radius 3 is 2.44 bits per heavy atom. The zero-order valence-corrected chi connectivity index (χ0v) is 9.07. The summed E-state index contributed by atoms with van der Waals surface area (Å²) in [5.41, 5.74) is 5.37. The zero-order valence-electron chi connectivity index (χ0n) is 5.77. The topological polar surface area (TPSA) is 26.0 Å². The molecule has 0 bridgehead atoms. The fourth-order valence-electron chi connectivity index (χ4n) is 0.543. The van der Waals surface area contributed by atoms with E-state index in [0.717, 1.165) is 6.54 Å². The summed E-state index contributed by atoms with van der Waals surface area (Å²) in [6.07, 6.45) is 3.77. The Labute approximate surface area is 76.3 Å². The Balaban J connectivity index is 0. The monoisotopic (exact) mass is 259 g/mol. The average Bonchev–Trinajstić information content (AvgIpc) is 1.83. The van der Waals surface area contributed by atoms with E-state index in [9.17, 15) is 0 Å². The van der Waals surface area contributed by atoms with Crippen LogP contribution < -0.4 is 5.73 Å². The second-order valence-electron chi connectivity index (χ2n) is 1.98. The van der Waals surface area contributed by atoms with Crippen molar-refractivity contribution in [2.45, 2.75) is 31.0 Å². The van der Waals surface area contributed by atoms with Crippen LogP contribution >= 0.6 is 32.9 Å². The van der Waals surface area contributed by atoms with Gasteiger partial charge in [0.2, 0.25) is 0 Å². The van der Waals surface area contributed by atoms with Gasteiger partial charge in [0.1, 0.15) is 0 Å². The first-order chi connectivity index (χ1) is 3.81. The van der Waals surface area contributed by atoms with Crippen molar-refractivity contribution in [1.29, 1.82) is 0 Å². The SMILES string of the molecule is Br.CCCCC(Br)CN. The third kappa shape index (κ3) is 8.92. The minimum absolute atomic E-state index is 0. The maximum absolute atomic E-state index is 5.37. The summed E-state index contributed by atoms with van der Waals surface area (Å²) in [4.78, 5) is 0.544. The van der Waals surface area contributed by atoms with Gasteiger partial charge < -0.3 is 5.73 Å². The number of nitrogens with two attached hydrogens (primary N) is 1. The summed E-state index contributed by atoms with van der Waals surface area (Å²) in [5.74, 6) is 0. The predicted molar refractivity (Wildman–Crippen MR) is 51.6 cm³/mol. The van der Waals surface area contributed by atoms with Crippen molar-refractivity contribution in [2.75, 3.05) is 6.54 Å². The van der Waals surface area contributed by atoms with Gasteiger partial charge in [0.15, 0.2) is 0 Å². The number of halogens is 2. The number of rotatable bonds is 4. The molecule has 58 valence electrons. The van der Waals surface area contributed by atoms with E-state index in [2.05, 4.69) is 22.9 Å². The van der Waals surface area contributed by atoms with Gasteiger partial charge in [0.25, 0.3) is 0 Å². The standard InChI is InChI=1S/C6H14BrN.BrH/c1-2-3-4-6(7)5-8;/h6H,2-5,8H2,1H3;1H. The van der Waals surface area contributed by atoms with Gasteiger partial charge in [-0.05, 0) is 6.42 Å². The van der Waals surface area contributed by atoms with Crippen LogP contribution in [0.4, 0.5) is 0 Å². The molecule has 0 aliphatic heterocycles. The molecule has 0 spiro atoms. The molecule has 1 nitrogen and oxygen atoms in total. The second kappa shape index (κ2) is 8.92. The Hall–Kier alpha value is 0.920. The molecule has 1 atom stereocenters. The molecule has 0 aromatic carbocycles. The molecule has 0 saturated heterocycles. The Morgan fingerprint density at radius 2 is 2.11 bits per heavy atom. The summed E-state index contributed by atoms with van der Waals surface area (Å²) in [5, 5.41) is 0. The molecular weight excluding hydrogens is 246 g/mol. The molecule has 0 fully saturated rings.